The number of ether oxygens (including phenoxy) is 1. The third-order valence-electron chi connectivity index (χ3n) is 3.58. The van der Waals surface area contributed by atoms with Crippen LogP contribution in [-0.4, -0.2) is 38.3 Å². The molecule has 4 nitrogen and oxygen atoms in total. The number of fused-ring (bicyclic) bond motifs is 1. The van der Waals surface area contributed by atoms with Crippen molar-refractivity contribution >= 4 is 29.0 Å². The Kier molecular flexibility index (Phi) is 4.68. The van der Waals surface area contributed by atoms with Gasteiger partial charge in [0.2, 0.25) is 0 Å². The van der Waals surface area contributed by atoms with E-state index in [0.717, 1.165) is 43.1 Å². The third-order valence-corrected chi connectivity index (χ3v) is 3.58. The topological polar surface area (TPSA) is 37.4 Å². The van der Waals surface area contributed by atoms with Crippen LogP contribution in [0.25, 0.3) is 10.9 Å². The van der Waals surface area contributed by atoms with Gasteiger partial charge in [-0.2, -0.15) is 0 Å². The molecule has 0 atom stereocenters. The molecule has 1 aromatic heterocycles. The average molecular weight is 294 g/mol. The highest BCUT2D eigenvalue weighted by atomic mass is 35.5. The lowest BCUT2D eigenvalue weighted by atomic mass is 10.1. The molecule has 0 spiro atoms. The van der Waals surface area contributed by atoms with Crippen molar-refractivity contribution in [3.05, 3.63) is 30.0 Å². The first-order valence-electron chi connectivity index (χ1n) is 6.69. The highest BCUT2D eigenvalue weighted by molar-refractivity contribution is 5.93. The second-order valence-electron chi connectivity index (χ2n) is 4.90. The molecule has 0 unspecified atom stereocenters. The minimum atomic E-state index is 0. The molecule has 1 fully saturated rings. The summed E-state index contributed by atoms with van der Waals surface area (Å²) in [6, 6.07) is 8.26. The lowest BCUT2D eigenvalue weighted by molar-refractivity contribution is 0.415. The van der Waals surface area contributed by atoms with Gasteiger partial charge in [0, 0.05) is 42.9 Å². The number of nitrogens with one attached hydrogen (secondary N) is 1. The first-order valence-corrected chi connectivity index (χ1v) is 6.69. The van der Waals surface area contributed by atoms with Crippen LogP contribution in [0.1, 0.15) is 5.69 Å². The quantitative estimate of drug-likeness (QED) is 0.922. The molecule has 0 aliphatic carbocycles. The Balaban J connectivity index is 0.00000147. The van der Waals surface area contributed by atoms with E-state index in [1.807, 2.05) is 12.1 Å². The minimum Gasteiger partial charge on any atom is -0.497 e. The third kappa shape index (κ3) is 2.81. The van der Waals surface area contributed by atoms with Crippen molar-refractivity contribution < 1.29 is 4.74 Å². The monoisotopic (exact) mass is 293 g/mol. The predicted molar refractivity (Wildman–Crippen MR) is 85.4 cm³/mol. The second-order valence-corrected chi connectivity index (χ2v) is 4.90. The van der Waals surface area contributed by atoms with Gasteiger partial charge >= 0.3 is 0 Å². The molecule has 20 heavy (non-hydrogen) atoms. The number of anilines is 1. The van der Waals surface area contributed by atoms with Crippen molar-refractivity contribution in [2.24, 2.45) is 0 Å². The van der Waals surface area contributed by atoms with E-state index in [2.05, 4.69) is 34.3 Å². The summed E-state index contributed by atoms with van der Waals surface area (Å²) in [7, 11) is 1.70. The summed E-state index contributed by atoms with van der Waals surface area (Å²) in [5.74, 6) is 0.884. The average Bonchev–Trinajstić information content (AvgIpc) is 2.47. The van der Waals surface area contributed by atoms with Crippen LogP contribution >= 0.6 is 12.4 Å². The number of piperazine rings is 1. The van der Waals surface area contributed by atoms with Crippen LogP contribution in [-0.2, 0) is 0 Å². The number of benzene rings is 1. The molecule has 1 N–H and O–H groups in total. The fourth-order valence-electron chi connectivity index (χ4n) is 2.61. The van der Waals surface area contributed by atoms with E-state index in [1.54, 1.807) is 7.11 Å². The van der Waals surface area contributed by atoms with Gasteiger partial charge in [0.1, 0.15) is 5.75 Å². The summed E-state index contributed by atoms with van der Waals surface area (Å²) in [4.78, 5) is 7.03. The summed E-state index contributed by atoms with van der Waals surface area (Å²) >= 11 is 0. The zero-order valence-electron chi connectivity index (χ0n) is 11.8. The second kappa shape index (κ2) is 6.29. The van der Waals surface area contributed by atoms with Gasteiger partial charge < -0.3 is 15.0 Å². The number of aryl methyl sites for hydroxylation is 1. The summed E-state index contributed by atoms with van der Waals surface area (Å²) in [6.45, 7) is 6.19. The number of nitrogens with zero attached hydrogens (tertiary/aromatic N) is 2. The largest absolute Gasteiger partial charge is 0.497 e. The Hall–Kier alpha value is -1.52. The summed E-state index contributed by atoms with van der Waals surface area (Å²) in [6.07, 6.45) is 0. The molecule has 0 amide bonds. The molecular weight excluding hydrogens is 274 g/mol. The van der Waals surface area contributed by atoms with Crippen molar-refractivity contribution in [3.63, 3.8) is 0 Å². The van der Waals surface area contributed by atoms with E-state index in [0.29, 0.717) is 0 Å². The molecule has 1 aliphatic heterocycles. The molecule has 0 bridgehead atoms. The van der Waals surface area contributed by atoms with E-state index < -0.39 is 0 Å². The summed E-state index contributed by atoms with van der Waals surface area (Å²) in [5.41, 5.74) is 3.36. The van der Waals surface area contributed by atoms with Gasteiger partial charge in [0.05, 0.1) is 12.6 Å². The zero-order chi connectivity index (χ0) is 13.2. The molecule has 1 aromatic carbocycles. The fourth-order valence-corrected chi connectivity index (χ4v) is 2.61. The Bertz CT molecular complexity index is 597. The number of hydrogen-bond donors (Lipinski definition) is 1. The number of aromatic nitrogens is 1. The molecule has 108 valence electrons. The number of hydrogen-bond acceptors (Lipinski definition) is 4. The van der Waals surface area contributed by atoms with Gasteiger partial charge in [-0.05, 0) is 31.2 Å². The SMILES string of the molecule is COc1ccc2nc(C)cc(N3CCNCC3)c2c1.Cl. The maximum absolute atomic E-state index is 5.34. The van der Waals surface area contributed by atoms with Crippen molar-refractivity contribution in [1.82, 2.24) is 10.3 Å². The van der Waals surface area contributed by atoms with Gasteiger partial charge in [0.25, 0.3) is 0 Å². The van der Waals surface area contributed by atoms with Gasteiger partial charge in [-0.1, -0.05) is 0 Å². The zero-order valence-corrected chi connectivity index (χ0v) is 12.7. The smallest absolute Gasteiger partial charge is 0.119 e. The van der Waals surface area contributed by atoms with Gasteiger partial charge in [-0.25, -0.2) is 0 Å². The van der Waals surface area contributed by atoms with Gasteiger partial charge in [-0.3, -0.25) is 4.98 Å². The highest BCUT2D eigenvalue weighted by Gasteiger charge is 2.14. The molecule has 1 aliphatic rings. The Morgan fingerprint density at radius 3 is 2.65 bits per heavy atom. The Labute approximate surface area is 125 Å². The van der Waals surface area contributed by atoms with Crippen molar-refractivity contribution in [3.8, 4) is 5.75 Å². The maximum Gasteiger partial charge on any atom is 0.119 e. The van der Waals surface area contributed by atoms with E-state index in [1.165, 1.54) is 11.1 Å². The van der Waals surface area contributed by atoms with E-state index in [9.17, 15) is 0 Å². The number of methoxy groups -OCH3 is 1. The van der Waals surface area contributed by atoms with E-state index in [4.69, 9.17) is 4.74 Å². The normalized spacial score (nSPS) is 15.0. The highest BCUT2D eigenvalue weighted by Crippen LogP contribution is 2.30. The molecule has 2 aromatic rings. The Morgan fingerprint density at radius 2 is 1.95 bits per heavy atom. The lowest BCUT2D eigenvalue weighted by Crippen LogP contribution is -2.43. The van der Waals surface area contributed by atoms with E-state index in [-0.39, 0.29) is 12.4 Å². The number of pyridine rings is 1. The predicted octanol–water partition coefficient (Wildman–Crippen LogP) is 2.38. The van der Waals surface area contributed by atoms with Gasteiger partial charge in [-0.15, -0.1) is 12.4 Å². The molecule has 0 radical (unpaired) electrons. The van der Waals surface area contributed by atoms with Crippen LogP contribution in [0.4, 0.5) is 5.69 Å². The lowest BCUT2D eigenvalue weighted by Gasteiger charge is -2.30. The Morgan fingerprint density at radius 1 is 1.20 bits per heavy atom. The standard InChI is InChI=1S/C15H19N3O.ClH/c1-11-9-15(18-7-5-16-6-8-18)13-10-12(19-2)3-4-14(13)17-11;/h3-4,9-10,16H,5-8H2,1-2H3;1H. The molecule has 1 saturated heterocycles. The van der Waals surface area contributed by atoms with Crippen LogP contribution in [0.15, 0.2) is 24.3 Å². The first kappa shape index (κ1) is 14.9. The summed E-state index contributed by atoms with van der Waals surface area (Å²) in [5, 5.41) is 4.56. The van der Waals surface area contributed by atoms with Crippen LogP contribution in [0.5, 0.6) is 5.75 Å². The fraction of sp³-hybridized carbons (Fsp3) is 0.400. The van der Waals surface area contributed by atoms with Crippen LogP contribution in [0, 0.1) is 6.92 Å². The summed E-state index contributed by atoms with van der Waals surface area (Å²) < 4.78 is 5.34. The number of rotatable bonds is 2. The first-order chi connectivity index (χ1) is 9.28. The van der Waals surface area contributed by atoms with E-state index >= 15 is 0 Å². The van der Waals surface area contributed by atoms with Crippen molar-refractivity contribution in [2.75, 3.05) is 38.2 Å². The van der Waals surface area contributed by atoms with Crippen LogP contribution in [0.2, 0.25) is 0 Å². The number of halogens is 1. The molecule has 0 saturated carbocycles. The molecule has 2 heterocycles. The maximum atomic E-state index is 5.34. The molecule has 3 rings (SSSR count). The molecular formula is C15H20ClN3O. The minimum absolute atomic E-state index is 0. The van der Waals surface area contributed by atoms with Gasteiger partial charge in [0.15, 0.2) is 0 Å². The van der Waals surface area contributed by atoms with Crippen LogP contribution in [0.3, 0.4) is 0 Å². The van der Waals surface area contributed by atoms with Crippen molar-refractivity contribution in [1.29, 1.82) is 0 Å². The van der Waals surface area contributed by atoms with Crippen molar-refractivity contribution in [2.45, 2.75) is 6.92 Å². The van der Waals surface area contributed by atoms with Crippen LogP contribution < -0.4 is 15.0 Å². The molecule has 5 heteroatoms.